The molecule has 1 unspecified atom stereocenters. The molecule has 5 heteroatoms. The highest BCUT2D eigenvalue weighted by Crippen LogP contribution is 2.32. The van der Waals surface area contributed by atoms with Gasteiger partial charge < -0.3 is 9.79 Å². The van der Waals surface area contributed by atoms with Crippen LogP contribution in [0, 0.1) is 5.92 Å². The standard InChI is InChI=1S/C13H22NO3P/c1-3-12(4-2)13(14-18(15,16)17)10-11-8-6-5-7-9-11/h5-9,12-13H,3-4,10H2,1-2H3,(H3,14,15,16,17). The van der Waals surface area contributed by atoms with E-state index in [1.165, 1.54) is 0 Å². The molecule has 0 heterocycles. The molecule has 102 valence electrons. The normalized spacial score (nSPS) is 13.8. The second kappa shape index (κ2) is 7.05. The van der Waals surface area contributed by atoms with Gasteiger partial charge >= 0.3 is 7.75 Å². The van der Waals surface area contributed by atoms with Crippen LogP contribution in [0.15, 0.2) is 30.3 Å². The molecule has 0 saturated carbocycles. The van der Waals surface area contributed by atoms with E-state index in [0.29, 0.717) is 6.42 Å². The molecule has 3 N–H and O–H groups in total. The maximum absolute atomic E-state index is 11.2. The predicted octanol–water partition coefficient (Wildman–Crippen LogP) is 2.72. The van der Waals surface area contributed by atoms with Gasteiger partial charge in [-0.15, -0.1) is 0 Å². The summed E-state index contributed by atoms with van der Waals surface area (Å²) < 4.78 is 11.2. The van der Waals surface area contributed by atoms with Gasteiger partial charge in [0.05, 0.1) is 0 Å². The monoisotopic (exact) mass is 271 g/mol. The van der Waals surface area contributed by atoms with Crippen LogP contribution in [0.2, 0.25) is 0 Å². The first-order valence-electron chi connectivity index (χ1n) is 6.33. The lowest BCUT2D eigenvalue weighted by molar-refractivity contribution is 0.308. The van der Waals surface area contributed by atoms with Gasteiger partial charge in [-0.1, -0.05) is 57.0 Å². The van der Waals surface area contributed by atoms with E-state index in [0.717, 1.165) is 18.4 Å². The van der Waals surface area contributed by atoms with Crippen molar-refractivity contribution in [1.82, 2.24) is 5.09 Å². The summed E-state index contributed by atoms with van der Waals surface area (Å²) in [6.45, 7) is 4.10. The van der Waals surface area contributed by atoms with E-state index < -0.39 is 7.75 Å². The van der Waals surface area contributed by atoms with Crippen LogP contribution in [0.5, 0.6) is 0 Å². The van der Waals surface area contributed by atoms with Crippen molar-refractivity contribution in [3.8, 4) is 0 Å². The summed E-state index contributed by atoms with van der Waals surface area (Å²) in [5.41, 5.74) is 1.09. The summed E-state index contributed by atoms with van der Waals surface area (Å²) >= 11 is 0. The second-order valence-electron chi connectivity index (χ2n) is 4.55. The topological polar surface area (TPSA) is 69.6 Å². The molecule has 0 aliphatic rings. The molecule has 0 amide bonds. The molecule has 1 atom stereocenters. The molecule has 0 saturated heterocycles. The number of benzene rings is 1. The molecule has 0 aromatic heterocycles. The van der Waals surface area contributed by atoms with Crippen LogP contribution in [0.3, 0.4) is 0 Å². The number of hydrogen-bond acceptors (Lipinski definition) is 1. The zero-order chi connectivity index (χ0) is 13.6. The van der Waals surface area contributed by atoms with Crippen LogP contribution in [0.25, 0.3) is 0 Å². The van der Waals surface area contributed by atoms with Crippen LogP contribution >= 0.6 is 7.75 Å². The van der Waals surface area contributed by atoms with E-state index in [2.05, 4.69) is 5.09 Å². The van der Waals surface area contributed by atoms with Gasteiger partial charge in [-0.2, -0.15) is 0 Å². The number of hydrogen-bond donors (Lipinski definition) is 3. The minimum absolute atomic E-state index is 0.191. The summed E-state index contributed by atoms with van der Waals surface area (Å²) in [6, 6.07) is 9.59. The fraction of sp³-hybridized carbons (Fsp3) is 0.538. The second-order valence-corrected chi connectivity index (χ2v) is 5.89. The Morgan fingerprint density at radius 3 is 2.17 bits per heavy atom. The van der Waals surface area contributed by atoms with E-state index in [9.17, 15) is 4.57 Å². The van der Waals surface area contributed by atoms with Gasteiger partial charge in [0.15, 0.2) is 0 Å². The van der Waals surface area contributed by atoms with Crippen molar-refractivity contribution in [1.29, 1.82) is 0 Å². The molecular formula is C13H22NO3P. The minimum atomic E-state index is -4.19. The Labute approximate surface area is 109 Å². The van der Waals surface area contributed by atoms with Gasteiger partial charge in [-0.05, 0) is 17.9 Å². The van der Waals surface area contributed by atoms with Crippen LogP contribution in [0.4, 0.5) is 0 Å². The molecule has 0 aliphatic heterocycles. The van der Waals surface area contributed by atoms with Crippen LogP contribution in [-0.4, -0.2) is 15.8 Å². The largest absolute Gasteiger partial charge is 0.400 e. The van der Waals surface area contributed by atoms with Crippen molar-refractivity contribution >= 4 is 7.75 Å². The Kier molecular flexibility index (Phi) is 6.03. The van der Waals surface area contributed by atoms with Crippen LogP contribution in [0.1, 0.15) is 32.3 Å². The predicted molar refractivity (Wildman–Crippen MR) is 73.2 cm³/mol. The Morgan fingerprint density at radius 2 is 1.72 bits per heavy atom. The van der Waals surface area contributed by atoms with Gasteiger partial charge in [0.2, 0.25) is 0 Å². The molecule has 0 spiro atoms. The van der Waals surface area contributed by atoms with Gasteiger partial charge in [0.1, 0.15) is 0 Å². The molecule has 1 rings (SSSR count). The molecule has 0 fully saturated rings. The maximum atomic E-state index is 11.2. The van der Waals surface area contributed by atoms with E-state index >= 15 is 0 Å². The third-order valence-electron chi connectivity index (χ3n) is 3.25. The van der Waals surface area contributed by atoms with Crippen molar-refractivity contribution in [3.63, 3.8) is 0 Å². The minimum Gasteiger partial charge on any atom is -0.313 e. The molecule has 1 aromatic carbocycles. The fourth-order valence-electron chi connectivity index (χ4n) is 2.26. The van der Waals surface area contributed by atoms with Crippen molar-refractivity contribution < 1.29 is 14.4 Å². The number of rotatable bonds is 7. The van der Waals surface area contributed by atoms with Crippen molar-refractivity contribution in [2.24, 2.45) is 5.92 Å². The quantitative estimate of drug-likeness (QED) is 0.667. The zero-order valence-electron chi connectivity index (χ0n) is 10.9. The summed E-state index contributed by atoms with van der Waals surface area (Å²) in [6.07, 6.45) is 2.44. The van der Waals surface area contributed by atoms with Gasteiger partial charge in [-0.3, -0.25) is 0 Å². The van der Waals surface area contributed by atoms with E-state index in [1.807, 2.05) is 44.2 Å². The van der Waals surface area contributed by atoms with Gasteiger partial charge in [0.25, 0.3) is 0 Å². The summed E-state index contributed by atoms with van der Waals surface area (Å²) in [7, 11) is -4.19. The van der Waals surface area contributed by atoms with Gasteiger partial charge in [0, 0.05) is 6.04 Å². The summed E-state index contributed by atoms with van der Waals surface area (Å²) in [5, 5.41) is 2.47. The highest BCUT2D eigenvalue weighted by Gasteiger charge is 2.25. The molecule has 18 heavy (non-hydrogen) atoms. The lowest BCUT2D eigenvalue weighted by Gasteiger charge is -2.27. The van der Waals surface area contributed by atoms with Crippen molar-refractivity contribution in [3.05, 3.63) is 35.9 Å². The van der Waals surface area contributed by atoms with E-state index in [-0.39, 0.29) is 12.0 Å². The first-order valence-corrected chi connectivity index (χ1v) is 7.94. The van der Waals surface area contributed by atoms with E-state index in [1.54, 1.807) is 0 Å². The molecule has 0 bridgehead atoms. The average Bonchev–Trinajstić information content (AvgIpc) is 2.29. The lowest BCUT2D eigenvalue weighted by atomic mass is 9.90. The molecule has 0 radical (unpaired) electrons. The summed E-state index contributed by atoms with van der Waals surface area (Å²) in [4.78, 5) is 18.2. The van der Waals surface area contributed by atoms with Crippen molar-refractivity contribution in [2.75, 3.05) is 0 Å². The van der Waals surface area contributed by atoms with E-state index in [4.69, 9.17) is 9.79 Å². The smallest absolute Gasteiger partial charge is 0.313 e. The zero-order valence-corrected chi connectivity index (χ0v) is 11.8. The first kappa shape index (κ1) is 15.4. The molecule has 0 aliphatic carbocycles. The van der Waals surface area contributed by atoms with Crippen LogP contribution in [-0.2, 0) is 11.0 Å². The third kappa shape index (κ3) is 5.32. The Morgan fingerprint density at radius 1 is 1.17 bits per heavy atom. The molecule has 1 aromatic rings. The fourth-order valence-corrected chi connectivity index (χ4v) is 2.99. The highest BCUT2D eigenvalue weighted by molar-refractivity contribution is 7.49. The highest BCUT2D eigenvalue weighted by atomic mass is 31.2. The maximum Gasteiger partial charge on any atom is 0.400 e. The average molecular weight is 271 g/mol. The van der Waals surface area contributed by atoms with Crippen LogP contribution < -0.4 is 5.09 Å². The van der Waals surface area contributed by atoms with Gasteiger partial charge in [-0.25, -0.2) is 9.65 Å². The Hall–Kier alpha value is -0.670. The SMILES string of the molecule is CCC(CC)C(Cc1ccccc1)NP(=O)(O)O. The first-order chi connectivity index (χ1) is 8.46. The Bertz CT molecular complexity index is 386. The van der Waals surface area contributed by atoms with Crippen molar-refractivity contribution in [2.45, 2.75) is 39.2 Å². The molecular weight excluding hydrogens is 249 g/mol. The lowest BCUT2D eigenvalue weighted by Crippen LogP contribution is -2.35. The summed E-state index contributed by atoms with van der Waals surface area (Å²) in [5.74, 6) is 0.262. The number of nitrogens with one attached hydrogen (secondary N) is 1. The third-order valence-corrected chi connectivity index (χ3v) is 3.92. The Balaban J connectivity index is 2.80. The molecule has 4 nitrogen and oxygen atoms in total.